The van der Waals surface area contributed by atoms with Crippen molar-refractivity contribution in [3.63, 3.8) is 0 Å². The maximum Gasteiger partial charge on any atom is 0.318 e. The van der Waals surface area contributed by atoms with Gasteiger partial charge in [-0.3, -0.25) is 4.79 Å². The van der Waals surface area contributed by atoms with E-state index in [1.165, 1.54) is 4.90 Å². The minimum atomic E-state index is -0.889. The molecule has 3 N–H and O–H groups in total. The Balaban J connectivity index is 1.79. The first kappa shape index (κ1) is 23.9. The number of ether oxygens (including phenoxy) is 1. The zero-order valence-corrected chi connectivity index (χ0v) is 19.9. The third-order valence-electron chi connectivity index (χ3n) is 5.49. The summed E-state index contributed by atoms with van der Waals surface area (Å²) < 4.78 is 5.21. The molecule has 2 atom stereocenters. The Morgan fingerprint density at radius 1 is 1.09 bits per heavy atom. The van der Waals surface area contributed by atoms with Crippen molar-refractivity contribution >= 4 is 27.7 Å². The number of carbonyl (C=O) groups is 2. The number of anilines is 1. The largest absolute Gasteiger partial charge is 0.497 e. The van der Waals surface area contributed by atoms with Crippen LogP contribution in [-0.2, 0) is 4.79 Å². The van der Waals surface area contributed by atoms with Crippen molar-refractivity contribution in [1.29, 1.82) is 0 Å². The molecule has 2 unspecified atom stereocenters. The molecule has 1 saturated heterocycles. The number of benzene rings is 2. The summed E-state index contributed by atoms with van der Waals surface area (Å²) in [6.07, 6.45) is 7.52. The van der Waals surface area contributed by atoms with Gasteiger partial charge in [0.15, 0.2) is 0 Å². The lowest BCUT2D eigenvalue weighted by Crippen LogP contribution is -2.49. The lowest BCUT2D eigenvalue weighted by atomic mass is 10.1. The molecule has 2 aromatic rings. The standard InChI is InChI=1S/C24H33N3O4S/c1-31-20-11-7-17(8-12-20)22(26-24(30)27-15-5-6-19(28)16-27)23(29)25-18-9-13-21(14-10-18)32(2,3)4/h7-14,19,22,28H,5-6,15-16H2,1-4H3,(H,25,29)(H,26,30). The lowest BCUT2D eigenvalue weighted by molar-refractivity contribution is -0.118. The number of carbonyl (C=O) groups excluding carboxylic acids is 2. The first-order valence-electron chi connectivity index (χ1n) is 10.6. The van der Waals surface area contributed by atoms with Gasteiger partial charge in [0.05, 0.1) is 13.2 Å². The van der Waals surface area contributed by atoms with Gasteiger partial charge in [-0.2, -0.15) is 0 Å². The molecule has 3 amide bonds. The summed E-state index contributed by atoms with van der Waals surface area (Å²) in [4.78, 5) is 28.9. The van der Waals surface area contributed by atoms with Gasteiger partial charge in [-0.15, -0.1) is 0 Å². The normalized spacial score (nSPS) is 17.9. The van der Waals surface area contributed by atoms with Gasteiger partial charge in [0, 0.05) is 18.8 Å². The summed E-state index contributed by atoms with van der Waals surface area (Å²) in [5.41, 5.74) is 1.31. The molecule has 8 heteroatoms. The Kier molecular flexibility index (Phi) is 7.69. The number of amides is 3. The van der Waals surface area contributed by atoms with Gasteiger partial charge in [0.2, 0.25) is 0 Å². The molecule has 0 bridgehead atoms. The van der Waals surface area contributed by atoms with Crippen LogP contribution < -0.4 is 15.4 Å². The zero-order chi connectivity index (χ0) is 23.3. The SMILES string of the molecule is COc1ccc(C(NC(=O)N2CCCC(O)C2)C(=O)Nc2ccc(S(C)(C)C)cc2)cc1. The van der Waals surface area contributed by atoms with Crippen LogP contribution in [0.25, 0.3) is 0 Å². The average molecular weight is 460 g/mol. The van der Waals surface area contributed by atoms with E-state index >= 15 is 0 Å². The van der Waals surface area contributed by atoms with Gasteiger partial charge in [0.1, 0.15) is 11.8 Å². The first-order valence-corrected chi connectivity index (χ1v) is 13.5. The van der Waals surface area contributed by atoms with Crippen LogP contribution in [0.5, 0.6) is 5.75 Å². The van der Waals surface area contributed by atoms with Crippen molar-refractivity contribution in [3.8, 4) is 5.75 Å². The molecular formula is C24H33N3O4S. The van der Waals surface area contributed by atoms with Crippen LogP contribution in [0.2, 0.25) is 0 Å². The highest BCUT2D eigenvalue weighted by atomic mass is 32.3. The molecule has 32 heavy (non-hydrogen) atoms. The van der Waals surface area contributed by atoms with E-state index in [2.05, 4.69) is 29.4 Å². The number of urea groups is 1. The molecule has 0 radical (unpaired) electrons. The fourth-order valence-corrected chi connectivity index (χ4v) is 4.56. The molecule has 0 aliphatic carbocycles. The van der Waals surface area contributed by atoms with Crippen molar-refractivity contribution in [1.82, 2.24) is 10.2 Å². The van der Waals surface area contributed by atoms with E-state index in [9.17, 15) is 14.7 Å². The van der Waals surface area contributed by atoms with Crippen LogP contribution in [0.3, 0.4) is 0 Å². The monoisotopic (exact) mass is 459 g/mol. The summed E-state index contributed by atoms with van der Waals surface area (Å²) in [6.45, 7) is 0.815. The van der Waals surface area contributed by atoms with Crippen LogP contribution in [-0.4, -0.2) is 67.0 Å². The summed E-state index contributed by atoms with van der Waals surface area (Å²) in [6, 6.07) is 13.6. The fourth-order valence-electron chi connectivity index (χ4n) is 3.61. The van der Waals surface area contributed by atoms with Crippen molar-refractivity contribution < 1.29 is 19.4 Å². The molecule has 0 aromatic heterocycles. The highest BCUT2D eigenvalue weighted by molar-refractivity contribution is 8.32. The molecule has 174 valence electrons. The van der Waals surface area contributed by atoms with Gasteiger partial charge in [-0.25, -0.2) is 14.8 Å². The first-order chi connectivity index (χ1) is 15.2. The van der Waals surface area contributed by atoms with Gasteiger partial charge in [-0.1, -0.05) is 12.1 Å². The third kappa shape index (κ3) is 6.17. The lowest BCUT2D eigenvalue weighted by Gasteiger charge is -2.31. The van der Waals surface area contributed by atoms with Crippen LogP contribution in [0.1, 0.15) is 24.4 Å². The number of hydrogen-bond donors (Lipinski definition) is 3. The minimum absolute atomic E-state index is 0.263. The predicted octanol–water partition coefficient (Wildman–Crippen LogP) is 3.59. The number of aliphatic hydroxyl groups excluding tert-OH is 1. The fraction of sp³-hybridized carbons (Fsp3) is 0.417. The maximum absolute atomic E-state index is 13.2. The van der Waals surface area contributed by atoms with Crippen molar-refractivity contribution in [3.05, 3.63) is 54.1 Å². The number of nitrogens with zero attached hydrogens (tertiary/aromatic N) is 1. The summed E-state index contributed by atoms with van der Waals surface area (Å²) in [7, 11) is 0.721. The van der Waals surface area contributed by atoms with Gasteiger partial charge < -0.3 is 25.4 Å². The molecule has 0 saturated carbocycles. The Morgan fingerprint density at radius 3 is 2.31 bits per heavy atom. The number of piperidine rings is 1. The van der Waals surface area contributed by atoms with E-state index < -0.39 is 22.2 Å². The zero-order valence-electron chi connectivity index (χ0n) is 19.1. The van der Waals surface area contributed by atoms with Crippen molar-refractivity contribution in [2.24, 2.45) is 0 Å². The van der Waals surface area contributed by atoms with Gasteiger partial charge in [0.25, 0.3) is 5.91 Å². The van der Waals surface area contributed by atoms with E-state index in [-0.39, 0.29) is 18.5 Å². The number of rotatable bonds is 6. The van der Waals surface area contributed by atoms with Gasteiger partial charge >= 0.3 is 6.03 Å². The van der Waals surface area contributed by atoms with Crippen LogP contribution >= 0.6 is 10.0 Å². The molecule has 1 aliphatic rings. The summed E-state index contributed by atoms with van der Waals surface area (Å²) in [5, 5.41) is 15.7. The Labute approximate surface area is 191 Å². The number of aliphatic hydroxyl groups is 1. The molecule has 7 nitrogen and oxygen atoms in total. The maximum atomic E-state index is 13.2. The van der Waals surface area contributed by atoms with Gasteiger partial charge in [-0.05, 0) is 78.5 Å². The Hall–Kier alpha value is -2.71. The van der Waals surface area contributed by atoms with Crippen LogP contribution in [0.4, 0.5) is 10.5 Å². The van der Waals surface area contributed by atoms with Crippen molar-refractivity contribution in [2.75, 3.05) is 44.3 Å². The predicted molar refractivity (Wildman–Crippen MR) is 130 cm³/mol. The third-order valence-corrected chi connectivity index (χ3v) is 7.18. The molecule has 1 aliphatic heterocycles. The average Bonchev–Trinajstić information content (AvgIpc) is 2.77. The summed E-state index contributed by atoms with van der Waals surface area (Å²) >= 11 is 0. The number of likely N-dealkylation sites (tertiary alicyclic amines) is 1. The topological polar surface area (TPSA) is 90.9 Å². The molecule has 2 aromatic carbocycles. The molecule has 1 heterocycles. The van der Waals surface area contributed by atoms with Crippen LogP contribution in [0.15, 0.2) is 53.4 Å². The van der Waals surface area contributed by atoms with E-state index in [0.717, 1.165) is 6.42 Å². The molecule has 1 fully saturated rings. The van der Waals surface area contributed by atoms with E-state index in [4.69, 9.17) is 4.74 Å². The Morgan fingerprint density at radius 2 is 1.75 bits per heavy atom. The van der Waals surface area contributed by atoms with Crippen molar-refractivity contribution in [2.45, 2.75) is 29.9 Å². The molecular weight excluding hydrogens is 426 g/mol. The second kappa shape index (κ2) is 10.3. The number of β-amino-alcohol motifs (C(OH)–C–C–N with tert-alkyl or cyclic N) is 1. The second-order valence-electron chi connectivity index (χ2n) is 8.75. The smallest absolute Gasteiger partial charge is 0.318 e. The number of methoxy groups -OCH3 is 1. The Bertz CT molecular complexity index is 926. The highest BCUT2D eigenvalue weighted by Gasteiger charge is 2.28. The molecule has 0 spiro atoms. The number of nitrogens with one attached hydrogen (secondary N) is 2. The van der Waals surface area contributed by atoms with E-state index in [0.29, 0.717) is 30.0 Å². The van der Waals surface area contributed by atoms with Crippen LogP contribution in [0, 0.1) is 0 Å². The van der Waals surface area contributed by atoms with E-state index in [1.807, 2.05) is 24.3 Å². The number of hydrogen-bond acceptors (Lipinski definition) is 4. The second-order valence-corrected chi connectivity index (χ2v) is 12.9. The highest BCUT2D eigenvalue weighted by Crippen LogP contribution is 2.45. The van der Waals surface area contributed by atoms with E-state index in [1.54, 1.807) is 36.3 Å². The molecule has 3 rings (SSSR count). The summed E-state index contributed by atoms with van der Waals surface area (Å²) in [5.74, 6) is 0.329. The minimum Gasteiger partial charge on any atom is -0.497 e. The quantitative estimate of drug-likeness (QED) is 0.616.